The van der Waals surface area contributed by atoms with Crippen LogP contribution in [0.1, 0.15) is 21.5 Å². The van der Waals surface area contributed by atoms with Gasteiger partial charge >= 0.3 is 12.1 Å². The van der Waals surface area contributed by atoms with Crippen LogP contribution in [0.2, 0.25) is 0 Å². The van der Waals surface area contributed by atoms with Crippen LogP contribution in [0.4, 0.5) is 13.2 Å². The van der Waals surface area contributed by atoms with Crippen molar-refractivity contribution in [2.75, 3.05) is 7.11 Å². The van der Waals surface area contributed by atoms with Gasteiger partial charge in [0.1, 0.15) is 5.75 Å². The minimum Gasteiger partial charge on any atom is -0.497 e. The van der Waals surface area contributed by atoms with Crippen LogP contribution in [0, 0.1) is 0 Å². The maximum atomic E-state index is 12.8. The van der Waals surface area contributed by atoms with Gasteiger partial charge in [-0.25, -0.2) is 4.79 Å². The SMILES string of the molecule is COc1ccc(-c2nnc(SCc3ccc(C(F)(F)F)cc3)n2-c2ccc(C(=O)O)cc2)cc1. The van der Waals surface area contributed by atoms with Crippen molar-refractivity contribution in [3.8, 4) is 22.8 Å². The first-order chi connectivity index (χ1) is 16.3. The minimum atomic E-state index is -4.39. The van der Waals surface area contributed by atoms with E-state index in [2.05, 4.69) is 10.2 Å². The fourth-order valence-electron chi connectivity index (χ4n) is 3.21. The van der Waals surface area contributed by atoms with Crippen LogP contribution in [0.25, 0.3) is 17.1 Å². The number of hydrogen-bond donors (Lipinski definition) is 1. The molecular formula is C24H18F3N3O3S. The second-order valence-corrected chi connectivity index (χ2v) is 8.15. The summed E-state index contributed by atoms with van der Waals surface area (Å²) in [5.41, 5.74) is 1.54. The molecule has 0 saturated carbocycles. The number of methoxy groups -OCH3 is 1. The van der Waals surface area contributed by atoms with Crippen molar-refractivity contribution < 1.29 is 27.8 Å². The lowest BCUT2D eigenvalue weighted by Crippen LogP contribution is -2.04. The Kier molecular flexibility index (Phi) is 6.60. The minimum absolute atomic E-state index is 0.141. The number of thioether (sulfide) groups is 1. The molecular weight excluding hydrogens is 467 g/mol. The summed E-state index contributed by atoms with van der Waals surface area (Å²) in [6.07, 6.45) is -4.39. The number of nitrogens with zero attached hydrogens (tertiary/aromatic N) is 3. The Hall–Kier alpha value is -3.79. The maximum absolute atomic E-state index is 12.8. The Balaban J connectivity index is 1.67. The highest BCUT2D eigenvalue weighted by atomic mass is 32.2. The molecule has 1 heterocycles. The molecule has 1 aromatic heterocycles. The molecule has 0 radical (unpaired) electrons. The highest BCUT2D eigenvalue weighted by Crippen LogP contribution is 2.32. The van der Waals surface area contributed by atoms with Crippen molar-refractivity contribution >= 4 is 17.7 Å². The van der Waals surface area contributed by atoms with Crippen LogP contribution in [0.3, 0.4) is 0 Å². The molecule has 1 N–H and O–H groups in total. The number of carbonyl (C=O) groups is 1. The summed E-state index contributed by atoms with van der Waals surface area (Å²) in [6, 6.07) is 18.5. The number of aromatic carboxylic acids is 1. The van der Waals surface area contributed by atoms with E-state index in [9.17, 15) is 23.1 Å². The molecule has 6 nitrogen and oxygen atoms in total. The van der Waals surface area contributed by atoms with E-state index < -0.39 is 17.7 Å². The van der Waals surface area contributed by atoms with Crippen LogP contribution in [0.5, 0.6) is 5.75 Å². The molecule has 4 aromatic rings. The predicted octanol–water partition coefficient (Wildman–Crippen LogP) is 5.95. The Morgan fingerprint density at radius 2 is 1.62 bits per heavy atom. The van der Waals surface area contributed by atoms with Gasteiger partial charge < -0.3 is 9.84 Å². The first kappa shape index (κ1) is 23.4. The van der Waals surface area contributed by atoms with Crippen molar-refractivity contribution in [3.05, 3.63) is 89.5 Å². The van der Waals surface area contributed by atoms with Crippen molar-refractivity contribution in [3.63, 3.8) is 0 Å². The van der Waals surface area contributed by atoms with Gasteiger partial charge in [0.05, 0.1) is 18.2 Å². The second kappa shape index (κ2) is 9.60. The van der Waals surface area contributed by atoms with Gasteiger partial charge in [-0.15, -0.1) is 10.2 Å². The maximum Gasteiger partial charge on any atom is 0.416 e. The van der Waals surface area contributed by atoms with E-state index in [-0.39, 0.29) is 5.56 Å². The number of carboxylic acids is 1. The summed E-state index contributed by atoms with van der Waals surface area (Å²) in [6.45, 7) is 0. The average Bonchev–Trinajstić information content (AvgIpc) is 3.26. The summed E-state index contributed by atoms with van der Waals surface area (Å²) in [7, 11) is 1.57. The molecule has 0 atom stereocenters. The third-order valence-corrected chi connectivity index (χ3v) is 6.00. The fraction of sp³-hybridized carbons (Fsp3) is 0.125. The van der Waals surface area contributed by atoms with E-state index in [1.54, 1.807) is 35.9 Å². The third-order valence-electron chi connectivity index (χ3n) is 5.00. The highest BCUT2D eigenvalue weighted by Gasteiger charge is 2.30. The standard InChI is InChI=1S/C24H18F3N3O3S/c1-33-20-12-6-16(7-13-20)21-28-29-23(30(21)19-10-4-17(5-11-19)22(31)32)34-14-15-2-8-18(9-3-15)24(25,26)27/h2-13H,14H2,1H3,(H,31,32). The van der Waals surface area contributed by atoms with Crippen LogP contribution < -0.4 is 4.74 Å². The molecule has 0 amide bonds. The lowest BCUT2D eigenvalue weighted by molar-refractivity contribution is -0.137. The summed E-state index contributed by atoms with van der Waals surface area (Å²) in [5, 5.41) is 18.3. The number of hydrogen-bond acceptors (Lipinski definition) is 5. The van der Waals surface area contributed by atoms with Gasteiger partial charge in [-0.1, -0.05) is 23.9 Å². The fourth-order valence-corrected chi connectivity index (χ4v) is 4.12. The van der Waals surface area contributed by atoms with Crippen LogP contribution in [0.15, 0.2) is 78.0 Å². The van der Waals surface area contributed by atoms with Crippen molar-refractivity contribution in [2.45, 2.75) is 17.1 Å². The highest BCUT2D eigenvalue weighted by molar-refractivity contribution is 7.98. The molecule has 0 aliphatic heterocycles. The van der Waals surface area contributed by atoms with Crippen LogP contribution in [-0.4, -0.2) is 33.0 Å². The Morgan fingerprint density at radius 3 is 2.18 bits per heavy atom. The first-order valence-electron chi connectivity index (χ1n) is 9.99. The molecule has 10 heteroatoms. The monoisotopic (exact) mass is 485 g/mol. The quantitative estimate of drug-likeness (QED) is 0.326. The first-order valence-corrected chi connectivity index (χ1v) is 11.0. The lowest BCUT2D eigenvalue weighted by atomic mass is 10.1. The molecule has 0 aliphatic rings. The predicted molar refractivity (Wildman–Crippen MR) is 121 cm³/mol. The molecule has 34 heavy (non-hydrogen) atoms. The third kappa shape index (κ3) is 5.07. The molecule has 0 unspecified atom stereocenters. The Bertz CT molecular complexity index is 1290. The van der Waals surface area contributed by atoms with Crippen molar-refractivity contribution in [2.24, 2.45) is 0 Å². The molecule has 4 rings (SSSR count). The van der Waals surface area contributed by atoms with Gasteiger partial charge in [0, 0.05) is 17.0 Å². The average molecular weight is 485 g/mol. The summed E-state index contributed by atoms with van der Waals surface area (Å²) >= 11 is 1.31. The van der Waals surface area contributed by atoms with E-state index in [1.165, 1.54) is 36.0 Å². The number of aromatic nitrogens is 3. The van der Waals surface area contributed by atoms with E-state index in [0.717, 1.165) is 17.7 Å². The molecule has 0 fully saturated rings. The van der Waals surface area contributed by atoms with Gasteiger partial charge in [-0.05, 0) is 66.2 Å². The summed E-state index contributed by atoms with van der Waals surface area (Å²) < 4.78 is 45.5. The van der Waals surface area contributed by atoms with Crippen LogP contribution >= 0.6 is 11.8 Å². The number of rotatable bonds is 7. The second-order valence-electron chi connectivity index (χ2n) is 7.21. The number of alkyl halides is 3. The smallest absolute Gasteiger partial charge is 0.416 e. The number of carboxylic acid groups (broad SMARTS) is 1. The molecule has 0 aliphatic carbocycles. The Morgan fingerprint density at radius 1 is 0.971 bits per heavy atom. The van der Waals surface area contributed by atoms with Gasteiger partial charge in [0.2, 0.25) is 0 Å². The molecule has 174 valence electrons. The van der Waals surface area contributed by atoms with Gasteiger partial charge in [0.15, 0.2) is 11.0 Å². The van der Waals surface area contributed by atoms with E-state index in [0.29, 0.717) is 33.7 Å². The Labute approximate surface area is 197 Å². The largest absolute Gasteiger partial charge is 0.497 e. The van der Waals surface area contributed by atoms with Crippen molar-refractivity contribution in [1.82, 2.24) is 14.8 Å². The number of halogens is 3. The van der Waals surface area contributed by atoms with Gasteiger partial charge in [0.25, 0.3) is 0 Å². The normalized spacial score (nSPS) is 11.4. The molecule has 0 bridgehead atoms. The summed E-state index contributed by atoms with van der Waals surface area (Å²) in [5.74, 6) is 0.535. The number of benzene rings is 3. The molecule has 0 spiro atoms. The van der Waals surface area contributed by atoms with Crippen LogP contribution in [-0.2, 0) is 11.9 Å². The zero-order valence-electron chi connectivity index (χ0n) is 17.8. The zero-order chi connectivity index (χ0) is 24.3. The molecule has 3 aromatic carbocycles. The van der Waals surface area contributed by atoms with Gasteiger partial charge in [-0.2, -0.15) is 13.2 Å². The van der Waals surface area contributed by atoms with Crippen molar-refractivity contribution in [1.29, 1.82) is 0 Å². The van der Waals surface area contributed by atoms with E-state index in [4.69, 9.17) is 4.74 Å². The van der Waals surface area contributed by atoms with E-state index in [1.807, 2.05) is 12.1 Å². The van der Waals surface area contributed by atoms with E-state index >= 15 is 0 Å². The number of ether oxygens (including phenoxy) is 1. The summed E-state index contributed by atoms with van der Waals surface area (Å²) in [4.78, 5) is 11.2. The topological polar surface area (TPSA) is 77.2 Å². The van der Waals surface area contributed by atoms with Gasteiger partial charge in [-0.3, -0.25) is 4.57 Å². The lowest BCUT2D eigenvalue weighted by Gasteiger charge is -2.11. The zero-order valence-corrected chi connectivity index (χ0v) is 18.6. The molecule has 0 saturated heterocycles.